The van der Waals surface area contributed by atoms with Crippen molar-refractivity contribution in [2.24, 2.45) is 7.05 Å². The van der Waals surface area contributed by atoms with E-state index in [9.17, 15) is 14.7 Å². The van der Waals surface area contributed by atoms with Gasteiger partial charge in [0.05, 0.1) is 23.5 Å². The number of hydrogen-bond acceptors (Lipinski definition) is 8. The van der Waals surface area contributed by atoms with E-state index >= 15 is 4.39 Å². The van der Waals surface area contributed by atoms with Gasteiger partial charge in [-0.05, 0) is 48.9 Å². The topological polar surface area (TPSA) is 116 Å². The third-order valence-electron chi connectivity index (χ3n) is 7.07. The van der Waals surface area contributed by atoms with Gasteiger partial charge in [-0.1, -0.05) is 18.7 Å². The number of carbonyl (C=O) groups excluding carboxylic acids is 1. The average molecular weight is 558 g/mol. The quantitative estimate of drug-likeness (QED) is 0.282. The first-order valence-corrected chi connectivity index (χ1v) is 13.3. The van der Waals surface area contributed by atoms with E-state index in [1.165, 1.54) is 29.0 Å². The van der Waals surface area contributed by atoms with Crippen molar-refractivity contribution < 1.29 is 14.3 Å². The zero-order chi connectivity index (χ0) is 29.1. The molecule has 4 aromatic rings. The lowest BCUT2D eigenvalue weighted by Gasteiger charge is -2.36. The Morgan fingerprint density at radius 2 is 1.95 bits per heavy atom. The Morgan fingerprint density at radius 3 is 2.66 bits per heavy atom. The number of hydrogen-bond donors (Lipinski definition) is 3. The van der Waals surface area contributed by atoms with Crippen molar-refractivity contribution in [3.05, 3.63) is 83.6 Å². The van der Waals surface area contributed by atoms with Crippen molar-refractivity contribution in [2.45, 2.75) is 13.0 Å². The maximum absolute atomic E-state index is 15.2. The molecule has 0 bridgehead atoms. The Labute approximate surface area is 236 Å². The summed E-state index contributed by atoms with van der Waals surface area (Å²) in [6.07, 6.45) is 2.33. The molecular weight excluding hydrogens is 525 g/mol. The molecule has 41 heavy (non-hydrogen) atoms. The predicted molar refractivity (Wildman–Crippen MR) is 159 cm³/mol. The summed E-state index contributed by atoms with van der Waals surface area (Å²) in [5, 5.41) is 15.3. The van der Waals surface area contributed by atoms with Gasteiger partial charge in [0.2, 0.25) is 11.9 Å². The number of benzene rings is 2. The molecule has 2 aromatic carbocycles. The zero-order valence-electron chi connectivity index (χ0n) is 23.0. The number of aliphatic hydroxyl groups is 1. The molecular formula is C30H32FN7O3. The van der Waals surface area contributed by atoms with Crippen molar-refractivity contribution in [1.82, 2.24) is 19.4 Å². The van der Waals surface area contributed by atoms with Crippen LogP contribution in [0.4, 0.5) is 27.4 Å². The maximum Gasteiger partial charge on any atom is 0.251 e. The molecule has 1 amide bonds. The van der Waals surface area contributed by atoms with E-state index in [1.807, 2.05) is 12.1 Å². The van der Waals surface area contributed by atoms with Gasteiger partial charge in [-0.15, -0.1) is 0 Å². The molecule has 0 radical (unpaired) electrons. The molecule has 2 aromatic heterocycles. The Bertz CT molecular complexity index is 1660. The zero-order valence-corrected chi connectivity index (χ0v) is 23.0. The van der Waals surface area contributed by atoms with Crippen LogP contribution in [0.1, 0.15) is 6.92 Å². The van der Waals surface area contributed by atoms with E-state index in [1.54, 1.807) is 38.2 Å². The number of amides is 1. The second kappa shape index (κ2) is 11.9. The van der Waals surface area contributed by atoms with Crippen LogP contribution < -0.4 is 21.1 Å². The van der Waals surface area contributed by atoms with Crippen LogP contribution >= 0.6 is 0 Å². The maximum atomic E-state index is 15.2. The van der Waals surface area contributed by atoms with E-state index in [0.29, 0.717) is 34.4 Å². The van der Waals surface area contributed by atoms with E-state index in [2.05, 4.69) is 37.0 Å². The van der Waals surface area contributed by atoms with Gasteiger partial charge in [0.25, 0.3) is 5.56 Å². The molecule has 0 aliphatic carbocycles. The van der Waals surface area contributed by atoms with Gasteiger partial charge < -0.3 is 25.2 Å². The minimum absolute atomic E-state index is 0.173. The Hall–Kier alpha value is -4.61. The van der Waals surface area contributed by atoms with Crippen molar-refractivity contribution in [1.29, 1.82) is 0 Å². The summed E-state index contributed by atoms with van der Waals surface area (Å²) >= 11 is 0. The number of carbonyl (C=O) groups is 1. The predicted octanol–water partition coefficient (Wildman–Crippen LogP) is 3.51. The Balaban J connectivity index is 1.41. The number of β-amino-alcohol motifs (C(OH)–C–C–N with tert-alkyl or cyclic N) is 1. The van der Waals surface area contributed by atoms with Gasteiger partial charge in [-0.2, -0.15) is 0 Å². The molecule has 1 atom stereocenters. The van der Waals surface area contributed by atoms with Crippen molar-refractivity contribution in [3.63, 3.8) is 0 Å². The van der Waals surface area contributed by atoms with Crippen LogP contribution in [0.2, 0.25) is 0 Å². The number of fused-ring (bicyclic) bond motifs is 1. The number of pyridine rings is 1. The number of halogens is 1. The molecule has 1 aliphatic rings. The Morgan fingerprint density at radius 1 is 1.17 bits per heavy atom. The smallest absolute Gasteiger partial charge is 0.251 e. The highest BCUT2D eigenvalue weighted by molar-refractivity contribution is 6.00. The standard InChI is InChI=1S/C30H32FN7O3/c1-4-27(40)33-21-7-5-6-20(14-21)23-16-28(41)36(3)26-17-32-30(35-29(23)26)34-25-9-8-22(15-24(25)31)38-12-10-37(11-13-38)18-19(2)39/h4-9,14-17,19,39H,1,10-13,18H2,2-3H3,(H,33,40)(H,32,34,35). The molecule has 1 fully saturated rings. The SMILES string of the molecule is C=CC(=O)Nc1cccc(-c2cc(=O)n(C)c3cnc(Nc4ccc(N5CCN(CC(C)O)CC5)cc4F)nc23)c1. The van der Waals surface area contributed by atoms with Crippen molar-refractivity contribution in [3.8, 4) is 11.1 Å². The van der Waals surface area contributed by atoms with E-state index in [4.69, 9.17) is 0 Å². The number of rotatable bonds is 8. The van der Waals surface area contributed by atoms with Gasteiger partial charge in [0.15, 0.2) is 0 Å². The van der Waals surface area contributed by atoms with Crippen molar-refractivity contribution >= 4 is 40.0 Å². The molecule has 0 spiro atoms. The van der Waals surface area contributed by atoms with Gasteiger partial charge >= 0.3 is 0 Å². The van der Waals surface area contributed by atoms with Crippen LogP contribution in [0.5, 0.6) is 0 Å². The number of aromatic nitrogens is 3. The van der Waals surface area contributed by atoms with Gasteiger partial charge in [-0.25, -0.2) is 14.4 Å². The second-order valence-corrected chi connectivity index (χ2v) is 10.1. The number of aryl methyl sites for hydroxylation is 1. The normalized spacial score (nSPS) is 14.6. The third kappa shape index (κ3) is 6.26. The fraction of sp³-hybridized carbons (Fsp3) is 0.267. The van der Waals surface area contributed by atoms with Gasteiger partial charge in [-0.3, -0.25) is 14.5 Å². The molecule has 10 nitrogen and oxygen atoms in total. The first-order valence-electron chi connectivity index (χ1n) is 13.3. The molecule has 3 heterocycles. The number of anilines is 4. The van der Waals surface area contributed by atoms with E-state index in [0.717, 1.165) is 31.9 Å². The first-order chi connectivity index (χ1) is 19.7. The first kappa shape index (κ1) is 27.9. The average Bonchev–Trinajstić information content (AvgIpc) is 2.96. The lowest BCUT2D eigenvalue weighted by Crippen LogP contribution is -2.48. The van der Waals surface area contributed by atoms with Gasteiger partial charge in [0.1, 0.15) is 11.3 Å². The largest absolute Gasteiger partial charge is 0.392 e. The van der Waals surface area contributed by atoms with E-state index < -0.39 is 5.82 Å². The molecule has 0 saturated carbocycles. The van der Waals surface area contributed by atoms with Crippen molar-refractivity contribution in [2.75, 3.05) is 48.3 Å². The summed E-state index contributed by atoms with van der Waals surface area (Å²) in [5.74, 6) is -0.618. The summed E-state index contributed by atoms with van der Waals surface area (Å²) in [4.78, 5) is 37.8. The van der Waals surface area contributed by atoms with Crippen LogP contribution in [0.3, 0.4) is 0 Å². The lowest BCUT2D eigenvalue weighted by molar-refractivity contribution is -0.111. The molecule has 1 unspecified atom stereocenters. The highest BCUT2D eigenvalue weighted by atomic mass is 19.1. The highest BCUT2D eigenvalue weighted by Gasteiger charge is 2.20. The van der Waals surface area contributed by atoms with Crippen LogP contribution in [0.25, 0.3) is 22.2 Å². The highest BCUT2D eigenvalue weighted by Crippen LogP contribution is 2.30. The number of piperazine rings is 1. The number of nitrogens with one attached hydrogen (secondary N) is 2. The summed E-state index contributed by atoms with van der Waals surface area (Å²) in [7, 11) is 1.63. The summed E-state index contributed by atoms with van der Waals surface area (Å²) in [6, 6.07) is 13.5. The minimum atomic E-state index is -0.441. The number of aliphatic hydroxyl groups excluding tert-OH is 1. The number of nitrogens with zero attached hydrogens (tertiary/aromatic N) is 5. The molecule has 1 saturated heterocycles. The molecule has 212 valence electrons. The van der Waals surface area contributed by atoms with Crippen LogP contribution in [-0.4, -0.2) is 69.3 Å². The monoisotopic (exact) mass is 557 g/mol. The van der Waals surface area contributed by atoms with Crippen LogP contribution in [0, 0.1) is 5.82 Å². The summed E-state index contributed by atoms with van der Waals surface area (Å²) in [5.41, 5.74) is 3.52. The van der Waals surface area contributed by atoms with E-state index in [-0.39, 0.29) is 29.2 Å². The molecule has 11 heteroatoms. The Kier molecular flexibility index (Phi) is 8.09. The second-order valence-electron chi connectivity index (χ2n) is 10.1. The third-order valence-corrected chi connectivity index (χ3v) is 7.07. The fourth-order valence-electron chi connectivity index (χ4n) is 4.95. The van der Waals surface area contributed by atoms with Gasteiger partial charge in [0, 0.05) is 62.8 Å². The van der Waals surface area contributed by atoms with Crippen LogP contribution in [-0.2, 0) is 11.8 Å². The summed E-state index contributed by atoms with van der Waals surface area (Å²) in [6.45, 7) is 8.96. The molecule has 1 aliphatic heterocycles. The fourth-order valence-corrected chi connectivity index (χ4v) is 4.95. The minimum Gasteiger partial charge on any atom is -0.392 e. The van der Waals surface area contributed by atoms with Crippen LogP contribution in [0.15, 0.2) is 72.2 Å². The molecule has 5 rings (SSSR count). The summed E-state index contributed by atoms with van der Waals surface area (Å²) < 4.78 is 16.7. The molecule has 3 N–H and O–H groups in total. The lowest BCUT2D eigenvalue weighted by atomic mass is 10.0.